The van der Waals surface area contributed by atoms with Gasteiger partial charge in [0.25, 0.3) is 0 Å². The molecule has 0 amide bonds. The number of carbonyl (C=O) groups excluding carboxylic acids is 1. The third kappa shape index (κ3) is 1.72. The second kappa shape index (κ2) is 3.61. The molecule has 0 heterocycles. The van der Waals surface area contributed by atoms with Gasteiger partial charge in [-0.25, -0.2) is 0 Å². The SMILES string of the molecule is CC1C(=O)CC1c1ccccc1C(F)(F)F. The fourth-order valence-corrected chi connectivity index (χ4v) is 2.10. The quantitative estimate of drug-likeness (QED) is 0.720. The molecule has 1 aliphatic rings. The molecule has 1 aliphatic carbocycles. The summed E-state index contributed by atoms with van der Waals surface area (Å²) in [5.41, 5.74) is -0.360. The van der Waals surface area contributed by atoms with Crippen molar-refractivity contribution >= 4 is 5.78 Å². The lowest BCUT2D eigenvalue weighted by molar-refractivity contribution is -0.140. The number of alkyl halides is 3. The van der Waals surface area contributed by atoms with E-state index in [9.17, 15) is 18.0 Å². The van der Waals surface area contributed by atoms with Gasteiger partial charge in [-0.3, -0.25) is 4.79 Å². The van der Waals surface area contributed by atoms with Crippen LogP contribution in [0.4, 0.5) is 13.2 Å². The molecule has 1 aromatic carbocycles. The van der Waals surface area contributed by atoms with E-state index in [0.29, 0.717) is 0 Å². The zero-order valence-corrected chi connectivity index (χ0v) is 8.71. The van der Waals surface area contributed by atoms with Gasteiger partial charge in [-0.15, -0.1) is 0 Å². The van der Waals surface area contributed by atoms with Crippen LogP contribution in [0.5, 0.6) is 0 Å². The first kappa shape index (κ1) is 11.2. The van der Waals surface area contributed by atoms with Crippen molar-refractivity contribution in [2.75, 3.05) is 0 Å². The van der Waals surface area contributed by atoms with Crippen molar-refractivity contribution < 1.29 is 18.0 Å². The Balaban J connectivity index is 2.38. The summed E-state index contributed by atoms with van der Waals surface area (Å²) in [4.78, 5) is 11.1. The standard InChI is InChI=1S/C12H11F3O/c1-7-9(6-11(7)16)8-4-2-3-5-10(8)12(13,14)15/h2-5,7,9H,6H2,1H3. The van der Waals surface area contributed by atoms with Crippen molar-refractivity contribution in [1.82, 2.24) is 0 Å². The molecule has 1 fully saturated rings. The molecule has 0 bridgehead atoms. The van der Waals surface area contributed by atoms with Gasteiger partial charge in [-0.1, -0.05) is 25.1 Å². The van der Waals surface area contributed by atoms with Gasteiger partial charge in [0.1, 0.15) is 5.78 Å². The average Bonchev–Trinajstić information content (AvgIpc) is 2.24. The Bertz CT molecular complexity index is 423. The van der Waals surface area contributed by atoms with Gasteiger partial charge < -0.3 is 0 Å². The molecule has 2 atom stereocenters. The molecule has 86 valence electrons. The van der Waals surface area contributed by atoms with E-state index in [0.717, 1.165) is 6.07 Å². The fraction of sp³-hybridized carbons (Fsp3) is 0.417. The Kier molecular flexibility index (Phi) is 2.52. The predicted octanol–water partition coefficient (Wildman–Crippen LogP) is 3.40. The third-order valence-corrected chi connectivity index (χ3v) is 3.20. The molecule has 1 aromatic rings. The largest absolute Gasteiger partial charge is 0.416 e. The van der Waals surface area contributed by atoms with Gasteiger partial charge in [0.05, 0.1) is 5.56 Å². The normalized spacial score (nSPS) is 25.4. The zero-order valence-electron chi connectivity index (χ0n) is 8.71. The van der Waals surface area contributed by atoms with Gasteiger partial charge in [0.15, 0.2) is 0 Å². The number of halogens is 3. The maximum Gasteiger partial charge on any atom is 0.416 e. The number of ketones is 1. The molecule has 0 N–H and O–H groups in total. The summed E-state index contributed by atoms with van der Waals surface area (Å²) in [7, 11) is 0. The van der Waals surface area contributed by atoms with Gasteiger partial charge in [-0.2, -0.15) is 13.2 Å². The van der Waals surface area contributed by atoms with Gasteiger partial charge in [-0.05, 0) is 11.6 Å². The van der Waals surface area contributed by atoms with E-state index in [2.05, 4.69) is 0 Å². The highest BCUT2D eigenvalue weighted by molar-refractivity contribution is 5.89. The maximum atomic E-state index is 12.7. The number of carbonyl (C=O) groups is 1. The van der Waals surface area contributed by atoms with E-state index in [1.807, 2.05) is 0 Å². The third-order valence-electron chi connectivity index (χ3n) is 3.20. The summed E-state index contributed by atoms with van der Waals surface area (Å²) in [6.07, 6.45) is -4.11. The molecule has 16 heavy (non-hydrogen) atoms. The van der Waals surface area contributed by atoms with Gasteiger partial charge in [0, 0.05) is 18.3 Å². The van der Waals surface area contributed by atoms with Crippen molar-refractivity contribution in [3.05, 3.63) is 35.4 Å². The Morgan fingerprint density at radius 2 is 1.88 bits per heavy atom. The van der Waals surface area contributed by atoms with Crippen LogP contribution in [-0.4, -0.2) is 5.78 Å². The van der Waals surface area contributed by atoms with Crippen LogP contribution in [0.1, 0.15) is 30.4 Å². The number of benzene rings is 1. The molecule has 0 aliphatic heterocycles. The summed E-state index contributed by atoms with van der Waals surface area (Å²) >= 11 is 0. The topological polar surface area (TPSA) is 17.1 Å². The van der Waals surface area contributed by atoms with E-state index < -0.39 is 11.7 Å². The molecule has 2 unspecified atom stereocenters. The first-order valence-electron chi connectivity index (χ1n) is 5.10. The van der Waals surface area contributed by atoms with Crippen LogP contribution < -0.4 is 0 Å². The zero-order chi connectivity index (χ0) is 11.9. The smallest absolute Gasteiger partial charge is 0.299 e. The highest BCUT2D eigenvalue weighted by Crippen LogP contribution is 2.44. The molecular formula is C12H11F3O. The molecular weight excluding hydrogens is 217 g/mol. The maximum absolute atomic E-state index is 12.7. The van der Waals surface area contributed by atoms with E-state index in [1.165, 1.54) is 12.1 Å². The molecule has 1 nitrogen and oxygen atoms in total. The van der Waals surface area contributed by atoms with Gasteiger partial charge >= 0.3 is 6.18 Å². The lowest BCUT2D eigenvalue weighted by Crippen LogP contribution is -2.34. The van der Waals surface area contributed by atoms with Crippen molar-refractivity contribution in [2.24, 2.45) is 5.92 Å². The first-order chi connectivity index (χ1) is 7.41. The molecule has 4 heteroatoms. The number of hydrogen-bond donors (Lipinski definition) is 0. The van der Waals surface area contributed by atoms with Crippen LogP contribution in [0.25, 0.3) is 0 Å². The summed E-state index contributed by atoms with van der Waals surface area (Å²) in [6.45, 7) is 1.68. The van der Waals surface area contributed by atoms with Crippen LogP contribution in [0.3, 0.4) is 0 Å². The second-order valence-electron chi connectivity index (χ2n) is 4.15. The number of hydrogen-bond acceptors (Lipinski definition) is 1. The first-order valence-corrected chi connectivity index (χ1v) is 5.10. The highest BCUT2D eigenvalue weighted by Gasteiger charge is 2.42. The molecule has 0 radical (unpaired) electrons. The molecule has 1 saturated carbocycles. The summed E-state index contributed by atoms with van der Waals surface area (Å²) in [5.74, 6) is -0.518. The van der Waals surface area contributed by atoms with Crippen molar-refractivity contribution in [3.8, 4) is 0 Å². The molecule has 0 aromatic heterocycles. The number of rotatable bonds is 1. The van der Waals surface area contributed by atoms with E-state index in [4.69, 9.17) is 0 Å². The minimum atomic E-state index is -4.34. The minimum Gasteiger partial charge on any atom is -0.299 e. The fourth-order valence-electron chi connectivity index (χ4n) is 2.10. The summed E-state index contributed by atoms with van der Waals surface area (Å²) in [6, 6.07) is 5.50. The monoisotopic (exact) mass is 228 g/mol. The van der Waals surface area contributed by atoms with Crippen molar-refractivity contribution in [3.63, 3.8) is 0 Å². The van der Waals surface area contributed by atoms with E-state index in [1.54, 1.807) is 13.0 Å². The Morgan fingerprint density at radius 1 is 1.25 bits per heavy atom. The van der Waals surface area contributed by atoms with E-state index in [-0.39, 0.29) is 29.6 Å². The van der Waals surface area contributed by atoms with Crippen LogP contribution in [0, 0.1) is 5.92 Å². The predicted molar refractivity (Wildman–Crippen MR) is 53.0 cm³/mol. The van der Waals surface area contributed by atoms with Crippen LogP contribution >= 0.6 is 0 Å². The highest BCUT2D eigenvalue weighted by atomic mass is 19.4. The second-order valence-corrected chi connectivity index (χ2v) is 4.15. The summed E-state index contributed by atoms with van der Waals surface area (Å²) < 4.78 is 38.1. The Hall–Kier alpha value is -1.32. The van der Waals surface area contributed by atoms with Crippen LogP contribution in [-0.2, 0) is 11.0 Å². The molecule has 0 spiro atoms. The van der Waals surface area contributed by atoms with E-state index >= 15 is 0 Å². The van der Waals surface area contributed by atoms with Crippen LogP contribution in [0.2, 0.25) is 0 Å². The van der Waals surface area contributed by atoms with Crippen molar-refractivity contribution in [2.45, 2.75) is 25.4 Å². The Morgan fingerprint density at radius 3 is 2.38 bits per heavy atom. The van der Waals surface area contributed by atoms with Crippen molar-refractivity contribution in [1.29, 1.82) is 0 Å². The van der Waals surface area contributed by atoms with Crippen LogP contribution in [0.15, 0.2) is 24.3 Å². The summed E-state index contributed by atoms with van der Waals surface area (Å²) in [5, 5.41) is 0. The number of Topliss-reactive ketones (excluding diaryl/α,β-unsaturated/α-hetero) is 1. The average molecular weight is 228 g/mol. The minimum absolute atomic E-state index is 0.0435. The molecule has 0 saturated heterocycles. The lowest BCUT2D eigenvalue weighted by atomic mass is 9.69. The Labute approximate surface area is 91.3 Å². The molecule has 2 rings (SSSR count). The lowest BCUT2D eigenvalue weighted by Gasteiger charge is -2.34. The van der Waals surface area contributed by atoms with Gasteiger partial charge in [0.2, 0.25) is 0 Å².